The van der Waals surface area contributed by atoms with Crippen molar-refractivity contribution in [1.82, 2.24) is 4.98 Å². The molecule has 1 aromatic heterocycles. The molecule has 0 amide bonds. The van der Waals surface area contributed by atoms with Crippen molar-refractivity contribution in [1.29, 1.82) is 0 Å². The van der Waals surface area contributed by atoms with Crippen molar-refractivity contribution in [3.63, 3.8) is 0 Å². The normalized spacial score (nSPS) is 10.6. The molecule has 18 heavy (non-hydrogen) atoms. The van der Waals surface area contributed by atoms with Crippen LogP contribution in [0, 0.1) is 6.92 Å². The smallest absolute Gasteiger partial charge is 0.377 e. The van der Waals surface area contributed by atoms with Gasteiger partial charge in [-0.2, -0.15) is 0 Å². The first-order valence-corrected chi connectivity index (χ1v) is 5.47. The third-order valence-corrected chi connectivity index (χ3v) is 2.98. The number of ether oxygens (including phenoxy) is 1. The number of halogens is 1. The fourth-order valence-corrected chi connectivity index (χ4v) is 2.13. The number of hydrogen-bond donors (Lipinski definition) is 2. The maximum absolute atomic E-state index is 11.6. The van der Waals surface area contributed by atoms with Crippen LogP contribution < -0.4 is 4.74 Å². The first kappa shape index (κ1) is 12.4. The first-order valence-electron chi connectivity index (χ1n) is 5.09. The van der Waals surface area contributed by atoms with Gasteiger partial charge < -0.3 is 14.8 Å². The minimum absolute atomic E-state index is 0.132. The summed E-state index contributed by atoms with van der Waals surface area (Å²) in [6.07, 6.45) is 0. The van der Waals surface area contributed by atoms with Crippen molar-refractivity contribution in [2.24, 2.45) is 0 Å². The average Bonchev–Trinajstić information content (AvgIpc) is 2.61. The number of ketones is 1. The Morgan fingerprint density at radius 2 is 2.06 bits per heavy atom. The standard InChI is InChI=1S/C12H10ClNO4/c1-5-10(11(15)12(16)17)6-3-9(18-2)7(13)4-8(6)14-5/h3-4,14H,1-2H3,(H,16,17). The number of hydrogen-bond acceptors (Lipinski definition) is 3. The average molecular weight is 268 g/mol. The van der Waals surface area contributed by atoms with Gasteiger partial charge in [-0.3, -0.25) is 4.79 Å². The largest absolute Gasteiger partial charge is 0.495 e. The van der Waals surface area contributed by atoms with Crippen LogP contribution in [0.2, 0.25) is 5.02 Å². The molecule has 0 unspecified atom stereocenters. The summed E-state index contributed by atoms with van der Waals surface area (Å²) in [4.78, 5) is 25.4. The molecule has 5 nitrogen and oxygen atoms in total. The second-order valence-electron chi connectivity index (χ2n) is 3.79. The van der Waals surface area contributed by atoms with Crippen LogP contribution in [0.1, 0.15) is 16.1 Å². The Labute approximate surface area is 107 Å². The number of carbonyl (C=O) groups is 2. The maximum atomic E-state index is 11.6. The molecule has 0 radical (unpaired) electrons. The molecule has 2 rings (SSSR count). The van der Waals surface area contributed by atoms with E-state index in [1.807, 2.05) is 0 Å². The van der Waals surface area contributed by atoms with Crippen LogP contribution in [0.15, 0.2) is 12.1 Å². The molecule has 0 saturated heterocycles. The molecular formula is C12H10ClNO4. The Morgan fingerprint density at radius 3 is 2.61 bits per heavy atom. The molecule has 6 heteroatoms. The number of aromatic amines is 1. The van der Waals surface area contributed by atoms with E-state index in [1.165, 1.54) is 7.11 Å². The van der Waals surface area contributed by atoms with Crippen LogP contribution in [0.3, 0.4) is 0 Å². The second kappa shape index (κ2) is 4.34. The zero-order valence-electron chi connectivity index (χ0n) is 9.70. The van der Waals surface area contributed by atoms with E-state index >= 15 is 0 Å². The van der Waals surface area contributed by atoms with Gasteiger partial charge in [-0.15, -0.1) is 0 Å². The number of carboxylic acids is 1. The minimum atomic E-state index is -1.49. The molecule has 1 heterocycles. The highest BCUT2D eigenvalue weighted by Gasteiger charge is 2.22. The molecular weight excluding hydrogens is 258 g/mol. The molecule has 94 valence electrons. The minimum Gasteiger partial charge on any atom is -0.495 e. The van der Waals surface area contributed by atoms with E-state index in [9.17, 15) is 9.59 Å². The number of fused-ring (bicyclic) bond motifs is 1. The van der Waals surface area contributed by atoms with E-state index in [-0.39, 0.29) is 5.56 Å². The number of aromatic nitrogens is 1. The van der Waals surface area contributed by atoms with Gasteiger partial charge in [0, 0.05) is 16.6 Å². The summed E-state index contributed by atoms with van der Waals surface area (Å²) in [5.74, 6) is -2.06. The lowest BCUT2D eigenvalue weighted by molar-refractivity contribution is -0.131. The predicted molar refractivity (Wildman–Crippen MR) is 66.6 cm³/mol. The number of aryl methyl sites for hydroxylation is 1. The van der Waals surface area contributed by atoms with Gasteiger partial charge in [0.1, 0.15) is 5.75 Å². The van der Waals surface area contributed by atoms with E-state index in [0.29, 0.717) is 27.4 Å². The fourth-order valence-electron chi connectivity index (χ4n) is 1.89. The summed E-state index contributed by atoms with van der Waals surface area (Å²) in [6, 6.07) is 3.15. The van der Waals surface area contributed by atoms with Gasteiger partial charge in [0.2, 0.25) is 0 Å². The van der Waals surface area contributed by atoms with Crippen molar-refractivity contribution >= 4 is 34.3 Å². The molecule has 0 atom stereocenters. The van der Waals surface area contributed by atoms with E-state index in [4.69, 9.17) is 21.4 Å². The van der Waals surface area contributed by atoms with Gasteiger partial charge in [-0.25, -0.2) is 4.79 Å². The Kier molecular flexibility index (Phi) is 3.00. The van der Waals surface area contributed by atoms with Crippen LogP contribution in [-0.2, 0) is 4.79 Å². The summed E-state index contributed by atoms with van der Waals surface area (Å²) >= 11 is 5.96. The summed E-state index contributed by atoms with van der Waals surface area (Å²) in [5, 5.41) is 9.67. The Bertz CT molecular complexity index is 660. The number of nitrogens with one attached hydrogen (secondary N) is 1. The fraction of sp³-hybridized carbons (Fsp3) is 0.167. The van der Waals surface area contributed by atoms with Crippen LogP contribution in [0.4, 0.5) is 0 Å². The number of H-pyrrole nitrogens is 1. The number of rotatable bonds is 3. The molecule has 0 saturated carbocycles. The van der Waals surface area contributed by atoms with E-state index in [0.717, 1.165) is 0 Å². The lowest BCUT2D eigenvalue weighted by Gasteiger charge is -2.03. The highest BCUT2D eigenvalue weighted by atomic mass is 35.5. The van der Waals surface area contributed by atoms with Gasteiger partial charge >= 0.3 is 5.97 Å². The third-order valence-electron chi connectivity index (χ3n) is 2.68. The third kappa shape index (κ3) is 1.82. The number of methoxy groups -OCH3 is 1. The molecule has 0 aliphatic heterocycles. The van der Waals surface area contributed by atoms with Gasteiger partial charge in [-0.05, 0) is 19.1 Å². The Hall–Kier alpha value is -2.01. The van der Waals surface area contributed by atoms with E-state index in [1.54, 1.807) is 19.1 Å². The lowest BCUT2D eigenvalue weighted by Crippen LogP contribution is -2.13. The highest BCUT2D eigenvalue weighted by molar-refractivity contribution is 6.43. The van der Waals surface area contributed by atoms with Gasteiger partial charge in [0.25, 0.3) is 5.78 Å². The van der Waals surface area contributed by atoms with Crippen LogP contribution in [0.25, 0.3) is 10.9 Å². The molecule has 0 aliphatic carbocycles. The van der Waals surface area contributed by atoms with Gasteiger partial charge in [0.05, 0.1) is 17.7 Å². The summed E-state index contributed by atoms with van der Waals surface area (Å²) in [7, 11) is 1.45. The van der Waals surface area contributed by atoms with Gasteiger partial charge in [0.15, 0.2) is 0 Å². The Balaban J connectivity index is 2.77. The summed E-state index contributed by atoms with van der Waals surface area (Å²) < 4.78 is 5.05. The number of carbonyl (C=O) groups excluding carboxylic acids is 1. The van der Waals surface area contributed by atoms with E-state index < -0.39 is 11.8 Å². The molecule has 0 bridgehead atoms. The number of Topliss-reactive ketones (excluding diaryl/α,β-unsaturated/α-hetero) is 1. The van der Waals surface area contributed by atoms with Crippen LogP contribution >= 0.6 is 11.6 Å². The number of aliphatic carboxylic acids is 1. The zero-order valence-corrected chi connectivity index (χ0v) is 10.5. The van der Waals surface area contributed by atoms with Crippen LogP contribution in [0.5, 0.6) is 5.75 Å². The first-order chi connectivity index (χ1) is 8.45. The van der Waals surface area contributed by atoms with Crippen molar-refractivity contribution in [2.45, 2.75) is 6.92 Å². The number of benzene rings is 1. The van der Waals surface area contributed by atoms with Crippen molar-refractivity contribution in [3.05, 3.63) is 28.4 Å². The maximum Gasteiger partial charge on any atom is 0.377 e. The van der Waals surface area contributed by atoms with Crippen LogP contribution in [-0.4, -0.2) is 29.0 Å². The molecule has 0 fully saturated rings. The monoisotopic (exact) mass is 267 g/mol. The molecule has 0 aliphatic rings. The summed E-state index contributed by atoms with van der Waals surface area (Å²) in [5.41, 5.74) is 1.22. The van der Waals surface area contributed by atoms with Crippen molar-refractivity contribution < 1.29 is 19.4 Å². The number of carboxylic acid groups (broad SMARTS) is 1. The van der Waals surface area contributed by atoms with Crippen molar-refractivity contribution in [2.75, 3.05) is 7.11 Å². The van der Waals surface area contributed by atoms with E-state index in [2.05, 4.69) is 4.98 Å². The predicted octanol–water partition coefficient (Wildman–Crippen LogP) is 2.41. The Morgan fingerprint density at radius 1 is 1.39 bits per heavy atom. The molecule has 0 spiro atoms. The van der Waals surface area contributed by atoms with Crippen molar-refractivity contribution in [3.8, 4) is 5.75 Å². The quantitative estimate of drug-likeness (QED) is 0.661. The summed E-state index contributed by atoms with van der Waals surface area (Å²) in [6.45, 7) is 1.64. The SMILES string of the molecule is COc1cc2c(C(=O)C(=O)O)c(C)[nH]c2cc1Cl. The molecule has 2 N–H and O–H groups in total. The molecule has 1 aromatic carbocycles. The second-order valence-corrected chi connectivity index (χ2v) is 4.20. The lowest BCUT2D eigenvalue weighted by atomic mass is 10.1. The topological polar surface area (TPSA) is 79.4 Å². The molecule has 2 aromatic rings. The highest BCUT2D eigenvalue weighted by Crippen LogP contribution is 2.32. The zero-order chi connectivity index (χ0) is 13.4. The van der Waals surface area contributed by atoms with Gasteiger partial charge in [-0.1, -0.05) is 11.6 Å².